The normalized spacial score (nSPS) is 24.3. The number of nitrogens with one attached hydrogen (secondary N) is 1. The zero-order chi connectivity index (χ0) is 18.4. The van der Waals surface area contributed by atoms with Crippen molar-refractivity contribution < 1.29 is 9.90 Å². The Bertz CT molecular complexity index is 550. The number of hydrogen-bond donors (Lipinski definition) is 2. The number of carbonyl (C=O) groups excluding carboxylic acids is 1. The number of aromatic hydroxyl groups is 1. The molecular weight excluding hydrogens is 350 g/mol. The molecule has 1 aliphatic carbocycles. The van der Waals surface area contributed by atoms with Gasteiger partial charge in [0.2, 0.25) is 5.91 Å². The van der Waals surface area contributed by atoms with Crippen molar-refractivity contribution in [2.45, 2.75) is 50.6 Å². The minimum absolute atomic E-state index is 0.111. The van der Waals surface area contributed by atoms with Gasteiger partial charge < -0.3 is 15.3 Å². The van der Waals surface area contributed by atoms with Crippen LogP contribution in [-0.2, 0) is 4.79 Å². The summed E-state index contributed by atoms with van der Waals surface area (Å²) in [6.45, 7) is 5.18. The topological polar surface area (TPSA) is 55.8 Å². The first-order chi connectivity index (χ1) is 12.6. The van der Waals surface area contributed by atoms with Crippen molar-refractivity contribution in [1.82, 2.24) is 15.1 Å². The van der Waals surface area contributed by atoms with Crippen molar-refractivity contribution in [1.29, 1.82) is 0 Å². The van der Waals surface area contributed by atoms with E-state index >= 15 is 0 Å². The van der Waals surface area contributed by atoms with Gasteiger partial charge in [-0.05, 0) is 62.9 Å². The van der Waals surface area contributed by atoms with Gasteiger partial charge in [0.05, 0.1) is 6.04 Å². The number of amides is 1. The van der Waals surface area contributed by atoms with Crippen LogP contribution in [0.15, 0.2) is 24.3 Å². The molecule has 2 heterocycles. The lowest BCUT2D eigenvalue weighted by atomic mass is 9.91. The van der Waals surface area contributed by atoms with Gasteiger partial charge in [0.15, 0.2) is 0 Å². The van der Waals surface area contributed by atoms with Crippen molar-refractivity contribution >= 4 is 17.5 Å². The molecule has 6 heteroatoms. The lowest BCUT2D eigenvalue weighted by Gasteiger charge is -2.36. The van der Waals surface area contributed by atoms with E-state index in [9.17, 15) is 4.79 Å². The van der Waals surface area contributed by atoms with Crippen molar-refractivity contribution in [2.75, 3.05) is 32.7 Å². The molecule has 1 amide bonds. The molecule has 2 N–H and O–H groups in total. The SMILES string of the molecule is O=C([C@H]1CCCN1)N1CCCN(C2CCC2)CC1.Oc1ccc(Cl)cc1. The Morgan fingerprint density at radius 2 is 1.77 bits per heavy atom. The van der Waals surface area contributed by atoms with Gasteiger partial charge in [-0.2, -0.15) is 0 Å². The van der Waals surface area contributed by atoms with E-state index in [1.54, 1.807) is 24.3 Å². The second-order valence-electron chi connectivity index (χ2n) is 7.42. The van der Waals surface area contributed by atoms with Crippen LogP contribution in [0.4, 0.5) is 0 Å². The number of halogens is 1. The third kappa shape index (κ3) is 5.35. The van der Waals surface area contributed by atoms with Crippen LogP contribution < -0.4 is 5.32 Å². The lowest BCUT2D eigenvalue weighted by molar-refractivity contribution is -0.133. The highest BCUT2D eigenvalue weighted by Gasteiger charge is 2.30. The Labute approximate surface area is 161 Å². The Morgan fingerprint density at radius 3 is 2.35 bits per heavy atom. The van der Waals surface area contributed by atoms with Gasteiger partial charge >= 0.3 is 0 Å². The van der Waals surface area contributed by atoms with Crippen molar-refractivity contribution in [3.8, 4) is 5.75 Å². The molecule has 0 bridgehead atoms. The van der Waals surface area contributed by atoms with E-state index in [2.05, 4.69) is 15.1 Å². The maximum atomic E-state index is 12.4. The van der Waals surface area contributed by atoms with Gasteiger partial charge in [0.1, 0.15) is 5.75 Å². The van der Waals surface area contributed by atoms with Crippen LogP contribution in [0.25, 0.3) is 0 Å². The van der Waals surface area contributed by atoms with Crippen molar-refractivity contribution in [2.24, 2.45) is 0 Å². The van der Waals surface area contributed by atoms with Crippen LogP contribution in [0.2, 0.25) is 5.02 Å². The largest absolute Gasteiger partial charge is 0.508 e. The molecular formula is C20H30ClN3O2. The number of phenolic OH excluding ortho intramolecular Hbond substituents is 1. The highest BCUT2D eigenvalue weighted by Crippen LogP contribution is 2.25. The zero-order valence-corrected chi connectivity index (χ0v) is 16.1. The summed E-state index contributed by atoms with van der Waals surface area (Å²) in [6, 6.07) is 7.29. The fourth-order valence-corrected chi connectivity index (χ4v) is 3.96. The first-order valence-electron chi connectivity index (χ1n) is 9.84. The summed E-state index contributed by atoms with van der Waals surface area (Å²) < 4.78 is 0. The molecule has 0 unspecified atom stereocenters. The van der Waals surface area contributed by atoms with E-state index in [1.807, 2.05) is 0 Å². The molecule has 3 aliphatic rings. The fourth-order valence-electron chi connectivity index (χ4n) is 3.83. The van der Waals surface area contributed by atoms with Gasteiger partial charge in [0, 0.05) is 37.2 Å². The Kier molecular flexibility index (Phi) is 7.17. The van der Waals surface area contributed by atoms with Gasteiger partial charge in [-0.15, -0.1) is 0 Å². The molecule has 2 aliphatic heterocycles. The first-order valence-corrected chi connectivity index (χ1v) is 10.2. The van der Waals surface area contributed by atoms with Crippen molar-refractivity contribution in [3.05, 3.63) is 29.3 Å². The molecule has 144 valence electrons. The smallest absolute Gasteiger partial charge is 0.239 e. The molecule has 1 atom stereocenters. The number of benzene rings is 1. The molecule has 3 fully saturated rings. The highest BCUT2D eigenvalue weighted by molar-refractivity contribution is 6.30. The summed E-state index contributed by atoms with van der Waals surface area (Å²) in [5.41, 5.74) is 0. The summed E-state index contributed by atoms with van der Waals surface area (Å²) in [4.78, 5) is 17.1. The fraction of sp³-hybridized carbons (Fsp3) is 0.650. The molecule has 1 aromatic carbocycles. The van der Waals surface area contributed by atoms with E-state index in [4.69, 9.17) is 16.7 Å². The van der Waals surface area contributed by atoms with Crippen LogP contribution in [0.1, 0.15) is 38.5 Å². The molecule has 26 heavy (non-hydrogen) atoms. The van der Waals surface area contributed by atoms with Crippen LogP contribution in [0, 0.1) is 0 Å². The molecule has 1 saturated carbocycles. The molecule has 0 spiro atoms. The average Bonchev–Trinajstić information content (AvgIpc) is 3.03. The Balaban J connectivity index is 0.000000206. The standard InChI is InChI=1S/C14H25N3O.C6H5ClO/c18-14(13-6-2-7-15-13)17-9-3-8-16(10-11-17)12-4-1-5-12;7-5-1-3-6(8)4-2-5/h12-13,15H,1-11H2;1-4,8H/t13-;/m1./s1. The maximum absolute atomic E-state index is 12.4. The van der Waals surface area contributed by atoms with E-state index < -0.39 is 0 Å². The molecule has 1 aromatic rings. The van der Waals surface area contributed by atoms with Gasteiger partial charge in [-0.25, -0.2) is 0 Å². The Morgan fingerprint density at radius 1 is 1.00 bits per heavy atom. The number of hydrogen-bond acceptors (Lipinski definition) is 4. The minimum atomic E-state index is 0.111. The molecule has 0 aromatic heterocycles. The second-order valence-corrected chi connectivity index (χ2v) is 7.86. The maximum Gasteiger partial charge on any atom is 0.239 e. The number of rotatable bonds is 2. The molecule has 5 nitrogen and oxygen atoms in total. The summed E-state index contributed by atoms with van der Waals surface area (Å²) in [7, 11) is 0. The average molecular weight is 380 g/mol. The van der Waals surface area contributed by atoms with E-state index in [-0.39, 0.29) is 11.8 Å². The van der Waals surface area contributed by atoms with Gasteiger partial charge in [-0.3, -0.25) is 9.69 Å². The van der Waals surface area contributed by atoms with Crippen LogP contribution >= 0.6 is 11.6 Å². The monoisotopic (exact) mass is 379 g/mol. The predicted octanol–water partition coefficient (Wildman–Crippen LogP) is 2.87. The predicted molar refractivity (Wildman–Crippen MR) is 105 cm³/mol. The first kappa shape index (κ1) is 19.5. The van der Waals surface area contributed by atoms with Crippen LogP contribution in [-0.4, -0.2) is 65.6 Å². The van der Waals surface area contributed by atoms with Crippen LogP contribution in [0.5, 0.6) is 5.75 Å². The summed E-state index contributed by atoms with van der Waals surface area (Å²) in [5.74, 6) is 0.595. The molecule has 4 rings (SSSR count). The molecule has 2 saturated heterocycles. The van der Waals surface area contributed by atoms with E-state index in [1.165, 1.54) is 25.8 Å². The molecule has 0 radical (unpaired) electrons. The summed E-state index contributed by atoms with van der Waals surface area (Å²) in [5, 5.41) is 12.7. The van der Waals surface area contributed by atoms with E-state index in [0.717, 1.165) is 51.5 Å². The third-order valence-electron chi connectivity index (χ3n) is 5.62. The number of nitrogens with zero attached hydrogens (tertiary/aromatic N) is 2. The second kappa shape index (κ2) is 9.58. The minimum Gasteiger partial charge on any atom is -0.508 e. The van der Waals surface area contributed by atoms with Crippen LogP contribution in [0.3, 0.4) is 0 Å². The van der Waals surface area contributed by atoms with Crippen molar-refractivity contribution in [3.63, 3.8) is 0 Å². The highest BCUT2D eigenvalue weighted by atomic mass is 35.5. The number of phenols is 1. The Hall–Kier alpha value is -1.30. The third-order valence-corrected chi connectivity index (χ3v) is 5.87. The number of carbonyl (C=O) groups is 1. The summed E-state index contributed by atoms with van der Waals surface area (Å²) in [6.07, 6.45) is 7.47. The quantitative estimate of drug-likeness (QED) is 0.829. The van der Waals surface area contributed by atoms with E-state index in [0.29, 0.717) is 10.9 Å². The lowest BCUT2D eigenvalue weighted by Crippen LogP contribution is -2.46. The summed E-state index contributed by atoms with van der Waals surface area (Å²) >= 11 is 5.50. The van der Waals surface area contributed by atoms with Gasteiger partial charge in [0.25, 0.3) is 0 Å². The van der Waals surface area contributed by atoms with Gasteiger partial charge in [-0.1, -0.05) is 18.0 Å². The zero-order valence-electron chi connectivity index (χ0n) is 15.4.